The molecule has 0 aliphatic carbocycles. The van der Waals surface area contributed by atoms with Crippen LogP contribution in [0.5, 0.6) is 0 Å². The van der Waals surface area contributed by atoms with Crippen LogP contribution >= 0.6 is 12.2 Å². The van der Waals surface area contributed by atoms with E-state index in [-0.39, 0.29) is 5.43 Å². The Bertz CT molecular complexity index is 399. The van der Waals surface area contributed by atoms with Crippen LogP contribution in [0, 0.1) is 4.51 Å². The average molecular weight is 256 g/mol. The van der Waals surface area contributed by atoms with Crippen LogP contribution in [-0.2, 0) is 4.74 Å². The number of anilines is 1. The van der Waals surface area contributed by atoms with Gasteiger partial charge in [-0.2, -0.15) is 0 Å². The van der Waals surface area contributed by atoms with E-state index in [2.05, 4.69) is 24.2 Å². The Kier molecular flexibility index (Phi) is 6.32. The first-order valence-electron chi connectivity index (χ1n) is 5.95. The van der Waals surface area contributed by atoms with Crippen molar-refractivity contribution in [2.75, 3.05) is 45.2 Å². The third-order valence-corrected chi connectivity index (χ3v) is 2.95. The van der Waals surface area contributed by atoms with Crippen LogP contribution in [0.25, 0.3) is 0 Å². The lowest BCUT2D eigenvalue weighted by molar-refractivity contribution is 0.119. The molecule has 0 saturated carbocycles. The fraction of sp³-hybridized carbons (Fsp3) is 0.667. The largest absolute Gasteiger partial charge is 0.381 e. The molecule has 0 aliphatic rings. The molecule has 1 rings (SSSR count). The van der Waals surface area contributed by atoms with Gasteiger partial charge >= 0.3 is 0 Å². The summed E-state index contributed by atoms with van der Waals surface area (Å²) in [5, 5.41) is 3.07. The van der Waals surface area contributed by atoms with E-state index in [9.17, 15) is 4.79 Å². The molecule has 0 saturated heterocycles. The van der Waals surface area contributed by atoms with Crippen molar-refractivity contribution in [1.82, 2.24) is 4.90 Å². The van der Waals surface area contributed by atoms with Crippen molar-refractivity contribution in [3.8, 4) is 0 Å². The SMILES string of the molecule is CCCN(C)CCOCCNc1cc(=O)c1=S. The molecule has 1 aromatic rings. The summed E-state index contributed by atoms with van der Waals surface area (Å²) in [6, 6.07) is 1.53. The van der Waals surface area contributed by atoms with Crippen LogP contribution in [0.15, 0.2) is 10.9 Å². The molecule has 1 aromatic carbocycles. The molecule has 0 heterocycles. The molecule has 4 nitrogen and oxygen atoms in total. The second-order valence-electron chi connectivity index (χ2n) is 4.09. The minimum absolute atomic E-state index is 0.0513. The number of likely N-dealkylation sites (N-methyl/N-ethyl adjacent to an activating group) is 1. The van der Waals surface area contributed by atoms with Crippen LogP contribution < -0.4 is 10.7 Å². The van der Waals surface area contributed by atoms with Crippen LogP contribution in [0.2, 0.25) is 0 Å². The topological polar surface area (TPSA) is 41.6 Å². The second-order valence-corrected chi connectivity index (χ2v) is 4.50. The first kappa shape index (κ1) is 14.3. The molecule has 96 valence electrons. The first-order valence-corrected chi connectivity index (χ1v) is 6.36. The summed E-state index contributed by atoms with van der Waals surface area (Å²) in [5.74, 6) is 0. The third-order valence-electron chi connectivity index (χ3n) is 2.53. The number of ether oxygens (including phenoxy) is 1. The highest BCUT2D eigenvalue weighted by atomic mass is 32.1. The highest BCUT2D eigenvalue weighted by Crippen LogP contribution is 2.06. The van der Waals surface area contributed by atoms with E-state index in [0.717, 1.165) is 31.8 Å². The molecule has 0 atom stereocenters. The lowest BCUT2D eigenvalue weighted by atomic mass is 10.3. The molecule has 0 bridgehead atoms. The molecule has 0 amide bonds. The number of hydrogen-bond donors (Lipinski definition) is 1. The summed E-state index contributed by atoms with van der Waals surface area (Å²) in [7, 11) is 2.09. The molecule has 5 heteroatoms. The molecule has 1 N–H and O–H groups in total. The van der Waals surface area contributed by atoms with Crippen molar-refractivity contribution < 1.29 is 4.74 Å². The van der Waals surface area contributed by atoms with Gasteiger partial charge in [0.1, 0.15) is 4.51 Å². The van der Waals surface area contributed by atoms with Gasteiger partial charge in [-0.15, -0.1) is 0 Å². The van der Waals surface area contributed by atoms with E-state index in [1.807, 2.05) is 0 Å². The van der Waals surface area contributed by atoms with Gasteiger partial charge in [-0.05, 0) is 20.0 Å². The second kappa shape index (κ2) is 7.53. The molecule has 0 fully saturated rings. The molecule has 0 aromatic heterocycles. The van der Waals surface area contributed by atoms with Gasteiger partial charge < -0.3 is 15.0 Å². The zero-order valence-corrected chi connectivity index (χ0v) is 11.3. The number of rotatable bonds is 9. The lowest BCUT2D eigenvalue weighted by Crippen LogP contribution is -2.25. The summed E-state index contributed by atoms with van der Waals surface area (Å²) < 4.78 is 5.88. The van der Waals surface area contributed by atoms with Gasteiger partial charge in [0.25, 0.3) is 0 Å². The van der Waals surface area contributed by atoms with Gasteiger partial charge in [0.05, 0.1) is 18.9 Å². The summed E-state index contributed by atoms with van der Waals surface area (Å²) >= 11 is 4.86. The lowest BCUT2D eigenvalue weighted by Gasteiger charge is -2.15. The minimum Gasteiger partial charge on any atom is -0.381 e. The Hall–Kier alpha value is -0.780. The third kappa shape index (κ3) is 4.93. The number of hydrogen-bond acceptors (Lipinski definition) is 5. The normalized spacial score (nSPS) is 11.2. The predicted molar refractivity (Wildman–Crippen MR) is 73.0 cm³/mol. The Labute approximate surface area is 107 Å². The zero-order valence-electron chi connectivity index (χ0n) is 10.5. The Balaban J connectivity index is 1.97. The van der Waals surface area contributed by atoms with Crippen molar-refractivity contribution in [3.05, 3.63) is 20.8 Å². The molecule has 17 heavy (non-hydrogen) atoms. The van der Waals surface area contributed by atoms with E-state index in [0.29, 0.717) is 17.7 Å². The summed E-state index contributed by atoms with van der Waals surface area (Å²) in [4.78, 5) is 13.1. The Morgan fingerprint density at radius 2 is 2.18 bits per heavy atom. The maximum absolute atomic E-state index is 10.8. The number of nitrogens with zero attached hydrogens (tertiary/aromatic N) is 1. The monoisotopic (exact) mass is 256 g/mol. The summed E-state index contributed by atoms with van der Waals surface area (Å²) in [5.41, 5.74) is 0.723. The van der Waals surface area contributed by atoms with E-state index in [4.69, 9.17) is 17.0 Å². The smallest absolute Gasteiger partial charge is 0.200 e. The summed E-state index contributed by atoms with van der Waals surface area (Å²) in [6.45, 7) is 6.28. The maximum Gasteiger partial charge on any atom is 0.200 e. The molecular formula is C12H20N2O2S. The van der Waals surface area contributed by atoms with Gasteiger partial charge in [0.2, 0.25) is 5.43 Å². The van der Waals surface area contributed by atoms with E-state index in [1.54, 1.807) is 0 Å². The highest BCUT2D eigenvalue weighted by Gasteiger charge is 2.03. The average Bonchev–Trinajstić information content (AvgIpc) is 2.32. The van der Waals surface area contributed by atoms with Crippen LogP contribution in [0.3, 0.4) is 0 Å². The molecule has 0 aliphatic heterocycles. The molecule has 0 radical (unpaired) electrons. The van der Waals surface area contributed by atoms with Gasteiger partial charge in [0.15, 0.2) is 0 Å². The predicted octanol–water partition coefficient (Wildman–Crippen LogP) is 1.42. The van der Waals surface area contributed by atoms with Crippen LogP contribution in [0.1, 0.15) is 13.3 Å². The molecular weight excluding hydrogens is 236 g/mol. The molecule has 0 spiro atoms. The van der Waals surface area contributed by atoms with E-state index < -0.39 is 0 Å². The zero-order chi connectivity index (χ0) is 12.7. The van der Waals surface area contributed by atoms with Crippen molar-refractivity contribution in [2.45, 2.75) is 13.3 Å². The van der Waals surface area contributed by atoms with E-state index >= 15 is 0 Å². The van der Waals surface area contributed by atoms with Crippen molar-refractivity contribution >= 4 is 17.9 Å². The van der Waals surface area contributed by atoms with Crippen molar-refractivity contribution in [1.29, 1.82) is 0 Å². The number of nitrogens with one attached hydrogen (secondary N) is 1. The standard InChI is InChI=1S/C12H20N2O2S/c1-3-5-14(2)6-8-16-7-4-13-10-9-11(15)12(10)17/h9,13H,3-8H2,1-2H3. The van der Waals surface area contributed by atoms with Crippen LogP contribution in [0.4, 0.5) is 5.69 Å². The van der Waals surface area contributed by atoms with Crippen molar-refractivity contribution in [2.24, 2.45) is 0 Å². The highest BCUT2D eigenvalue weighted by molar-refractivity contribution is 7.71. The van der Waals surface area contributed by atoms with Gasteiger partial charge in [-0.1, -0.05) is 19.1 Å². The van der Waals surface area contributed by atoms with Crippen molar-refractivity contribution in [3.63, 3.8) is 0 Å². The fourth-order valence-corrected chi connectivity index (χ4v) is 1.71. The quantitative estimate of drug-likeness (QED) is 0.534. The Morgan fingerprint density at radius 1 is 1.41 bits per heavy atom. The Morgan fingerprint density at radius 3 is 2.76 bits per heavy atom. The van der Waals surface area contributed by atoms with E-state index in [1.165, 1.54) is 6.07 Å². The van der Waals surface area contributed by atoms with Gasteiger partial charge in [-0.3, -0.25) is 4.79 Å². The minimum atomic E-state index is -0.0513. The summed E-state index contributed by atoms with van der Waals surface area (Å²) in [6.07, 6.45) is 1.16. The van der Waals surface area contributed by atoms with Gasteiger partial charge in [-0.25, -0.2) is 0 Å². The van der Waals surface area contributed by atoms with Gasteiger partial charge in [0, 0.05) is 19.2 Å². The maximum atomic E-state index is 10.8. The first-order chi connectivity index (χ1) is 8.15. The molecule has 0 unspecified atom stereocenters. The fourth-order valence-electron chi connectivity index (χ4n) is 1.52. The van der Waals surface area contributed by atoms with Crippen LogP contribution in [-0.4, -0.2) is 44.8 Å².